The zero-order chi connectivity index (χ0) is 19.1. The van der Waals surface area contributed by atoms with Crippen LogP contribution in [0.5, 0.6) is 0 Å². The fourth-order valence-electron chi connectivity index (χ4n) is 3.58. The van der Waals surface area contributed by atoms with Gasteiger partial charge in [0.25, 0.3) is 0 Å². The van der Waals surface area contributed by atoms with Gasteiger partial charge < -0.3 is 20.7 Å². The average Bonchev–Trinajstić information content (AvgIpc) is 3.20. The highest BCUT2D eigenvalue weighted by Gasteiger charge is 2.36. The highest BCUT2D eigenvalue weighted by Crippen LogP contribution is 2.35. The van der Waals surface area contributed by atoms with Gasteiger partial charge in [-0.15, -0.1) is 0 Å². The Kier molecular flexibility index (Phi) is 4.67. The Labute approximate surface area is 170 Å². The first kappa shape index (κ1) is 17.9. The van der Waals surface area contributed by atoms with E-state index < -0.39 is 0 Å². The molecule has 3 N–H and O–H groups in total. The van der Waals surface area contributed by atoms with Gasteiger partial charge in [-0.25, -0.2) is 19.9 Å². The minimum absolute atomic E-state index is 0.209. The molecule has 5 rings (SSSR count). The molecule has 2 fully saturated rings. The molecular weight excluding hydrogens is 398 g/mol. The van der Waals surface area contributed by atoms with Crippen LogP contribution in [0.1, 0.15) is 0 Å². The molecule has 2 aliphatic heterocycles. The number of halogens is 1. The first-order chi connectivity index (χ1) is 13.7. The predicted octanol–water partition coefficient (Wildman–Crippen LogP) is 1.98. The molecule has 0 amide bonds. The quantitative estimate of drug-likeness (QED) is 0.664. The zero-order valence-corrected chi connectivity index (χ0v) is 16.5. The number of morpholine rings is 1. The van der Waals surface area contributed by atoms with Crippen LogP contribution < -0.4 is 16.0 Å². The lowest BCUT2D eigenvalue weighted by atomic mass is 10.1. The average molecular weight is 416 g/mol. The van der Waals surface area contributed by atoms with Crippen LogP contribution in [0, 0.1) is 0 Å². The van der Waals surface area contributed by atoms with Crippen molar-refractivity contribution in [1.82, 2.24) is 25.3 Å². The van der Waals surface area contributed by atoms with Crippen molar-refractivity contribution in [3.8, 4) is 0 Å². The molecule has 144 valence electrons. The molecule has 10 heteroatoms. The topological polar surface area (TPSA) is 102 Å². The van der Waals surface area contributed by atoms with Gasteiger partial charge in [-0.2, -0.15) is 0 Å². The number of fused-ring (bicyclic) bond motifs is 2. The standard InChI is InChI=1S/C18H18ClN7OS/c19-16-13(3-4-22-17(16)20)28-15-2-1-10-18(25-15)23-9-14(24-10)26-5-6-27-12-8-21-7-11(12)26/h1-4,9,11-12,21H,5-8H2,(H2,20,22)/t11-,12-/m1/s1. The molecule has 8 nitrogen and oxygen atoms in total. The van der Waals surface area contributed by atoms with Crippen LogP contribution in [-0.4, -0.2) is 58.3 Å². The smallest absolute Gasteiger partial charge is 0.179 e. The first-order valence-electron chi connectivity index (χ1n) is 8.99. The van der Waals surface area contributed by atoms with Crippen LogP contribution in [0.2, 0.25) is 5.02 Å². The summed E-state index contributed by atoms with van der Waals surface area (Å²) in [4.78, 5) is 21.0. The molecule has 0 aliphatic carbocycles. The van der Waals surface area contributed by atoms with E-state index in [1.807, 2.05) is 18.2 Å². The lowest BCUT2D eigenvalue weighted by molar-refractivity contribution is 0.0346. The number of nitrogens with zero attached hydrogens (tertiary/aromatic N) is 5. The van der Waals surface area contributed by atoms with E-state index in [1.54, 1.807) is 12.4 Å². The molecule has 5 heterocycles. The van der Waals surface area contributed by atoms with E-state index in [4.69, 9.17) is 27.1 Å². The lowest BCUT2D eigenvalue weighted by Gasteiger charge is -2.37. The molecule has 2 aliphatic rings. The van der Waals surface area contributed by atoms with Gasteiger partial charge in [-0.3, -0.25) is 0 Å². The van der Waals surface area contributed by atoms with Gasteiger partial charge >= 0.3 is 0 Å². The molecule has 2 atom stereocenters. The first-order valence-corrected chi connectivity index (χ1v) is 10.2. The van der Waals surface area contributed by atoms with Crippen molar-refractivity contribution in [2.24, 2.45) is 0 Å². The maximum absolute atomic E-state index is 6.23. The van der Waals surface area contributed by atoms with Crippen LogP contribution in [0.3, 0.4) is 0 Å². The van der Waals surface area contributed by atoms with Crippen LogP contribution in [0.15, 0.2) is 40.5 Å². The summed E-state index contributed by atoms with van der Waals surface area (Å²) in [6.07, 6.45) is 3.63. The molecule has 0 aromatic carbocycles. The van der Waals surface area contributed by atoms with Crippen molar-refractivity contribution in [2.75, 3.05) is 36.9 Å². The zero-order valence-electron chi connectivity index (χ0n) is 14.9. The Balaban J connectivity index is 1.42. The van der Waals surface area contributed by atoms with E-state index in [1.165, 1.54) is 11.8 Å². The van der Waals surface area contributed by atoms with E-state index in [2.05, 4.69) is 25.2 Å². The predicted molar refractivity (Wildman–Crippen MR) is 109 cm³/mol. The number of rotatable bonds is 3. The van der Waals surface area contributed by atoms with Crippen molar-refractivity contribution in [3.63, 3.8) is 0 Å². The second kappa shape index (κ2) is 7.32. The summed E-state index contributed by atoms with van der Waals surface area (Å²) in [7, 11) is 0. The molecule has 0 bridgehead atoms. The summed E-state index contributed by atoms with van der Waals surface area (Å²) in [6, 6.07) is 5.96. The number of anilines is 2. The Morgan fingerprint density at radius 1 is 1.21 bits per heavy atom. The third-order valence-electron chi connectivity index (χ3n) is 4.95. The summed E-state index contributed by atoms with van der Waals surface area (Å²) in [5, 5.41) is 4.59. The minimum Gasteiger partial charge on any atom is -0.382 e. The Morgan fingerprint density at radius 2 is 2.14 bits per heavy atom. The molecule has 0 spiro atoms. The summed E-state index contributed by atoms with van der Waals surface area (Å²) in [6.45, 7) is 3.29. The highest BCUT2D eigenvalue weighted by molar-refractivity contribution is 7.99. The van der Waals surface area contributed by atoms with Crippen LogP contribution in [-0.2, 0) is 4.74 Å². The van der Waals surface area contributed by atoms with Gasteiger partial charge in [0.05, 0.1) is 30.0 Å². The van der Waals surface area contributed by atoms with Gasteiger partial charge in [0.15, 0.2) is 5.65 Å². The van der Waals surface area contributed by atoms with Gasteiger partial charge in [-0.1, -0.05) is 23.4 Å². The maximum atomic E-state index is 6.23. The Morgan fingerprint density at radius 3 is 3.07 bits per heavy atom. The normalized spacial score (nSPS) is 21.8. The van der Waals surface area contributed by atoms with Crippen LogP contribution in [0.25, 0.3) is 11.2 Å². The van der Waals surface area contributed by atoms with E-state index >= 15 is 0 Å². The van der Waals surface area contributed by atoms with Crippen LogP contribution in [0.4, 0.5) is 11.6 Å². The second-order valence-corrected chi connectivity index (χ2v) is 8.10. The van der Waals surface area contributed by atoms with Gasteiger partial charge in [0.1, 0.15) is 22.2 Å². The van der Waals surface area contributed by atoms with E-state index in [-0.39, 0.29) is 6.10 Å². The number of nitrogen functional groups attached to an aromatic ring is 1. The van der Waals surface area contributed by atoms with E-state index in [0.29, 0.717) is 29.1 Å². The molecule has 3 aromatic rings. The largest absolute Gasteiger partial charge is 0.382 e. The van der Waals surface area contributed by atoms with Crippen LogP contribution >= 0.6 is 23.4 Å². The Bertz CT molecular complexity index is 1040. The van der Waals surface area contributed by atoms with Gasteiger partial charge in [0, 0.05) is 30.7 Å². The van der Waals surface area contributed by atoms with Crippen molar-refractivity contribution >= 4 is 46.2 Å². The second-order valence-electron chi connectivity index (χ2n) is 6.66. The third-order valence-corrected chi connectivity index (χ3v) is 6.45. The highest BCUT2D eigenvalue weighted by atomic mass is 35.5. The number of hydrogen-bond acceptors (Lipinski definition) is 9. The number of aromatic nitrogens is 4. The number of hydrogen-bond donors (Lipinski definition) is 2. The van der Waals surface area contributed by atoms with Crippen molar-refractivity contribution in [1.29, 1.82) is 0 Å². The van der Waals surface area contributed by atoms with Crippen molar-refractivity contribution in [3.05, 3.63) is 35.6 Å². The van der Waals surface area contributed by atoms with Gasteiger partial charge in [0.2, 0.25) is 0 Å². The van der Waals surface area contributed by atoms with Crippen molar-refractivity contribution in [2.45, 2.75) is 22.1 Å². The fraction of sp³-hybridized carbons (Fsp3) is 0.333. The molecule has 3 aromatic heterocycles. The number of ether oxygens (including phenoxy) is 1. The number of pyridine rings is 2. The molecule has 28 heavy (non-hydrogen) atoms. The monoisotopic (exact) mass is 415 g/mol. The fourth-order valence-corrected chi connectivity index (χ4v) is 4.62. The SMILES string of the molecule is Nc1nccc(Sc2ccc3nc(N4CCO[C@@H]5CNC[C@H]54)cnc3n2)c1Cl. The van der Waals surface area contributed by atoms with E-state index in [0.717, 1.165) is 40.9 Å². The van der Waals surface area contributed by atoms with E-state index in [9.17, 15) is 0 Å². The Hall–Kier alpha value is -2.20. The molecule has 0 radical (unpaired) electrons. The summed E-state index contributed by atoms with van der Waals surface area (Å²) in [5.41, 5.74) is 7.13. The number of nitrogens with one attached hydrogen (secondary N) is 1. The molecule has 2 saturated heterocycles. The lowest BCUT2D eigenvalue weighted by Crippen LogP contribution is -2.51. The van der Waals surface area contributed by atoms with Gasteiger partial charge in [-0.05, 0) is 18.2 Å². The van der Waals surface area contributed by atoms with Crippen molar-refractivity contribution < 1.29 is 4.74 Å². The molecule has 0 saturated carbocycles. The minimum atomic E-state index is 0.209. The third kappa shape index (κ3) is 3.24. The molecular formula is C18H18ClN7OS. The summed E-state index contributed by atoms with van der Waals surface area (Å²) < 4.78 is 5.84. The summed E-state index contributed by atoms with van der Waals surface area (Å²) >= 11 is 7.65. The number of nitrogens with two attached hydrogens (primary N) is 1. The molecule has 0 unspecified atom stereocenters. The maximum Gasteiger partial charge on any atom is 0.179 e. The summed E-state index contributed by atoms with van der Waals surface area (Å²) in [5.74, 6) is 1.17.